The number of imidazole rings is 1. The molecule has 0 saturated carbocycles. The van der Waals surface area contributed by atoms with E-state index in [1.165, 1.54) is 29.7 Å². The molecule has 0 aliphatic carbocycles. The minimum Gasteiger partial charge on any atom is -0.505 e. The quantitative estimate of drug-likeness (QED) is 0.540. The van der Waals surface area contributed by atoms with E-state index in [4.69, 9.17) is 0 Å². The number of aromatic nitrogens is 4. The zero-order valence-corrected chi connectivity index (χ0v) is 14.9. The summed E-state index contributed by atoms with van der Waals surface area (Å²) in [5.74, 6) is -1.23. The molecule has 10 heteroatoms. The number of phenolic OH excluding ortho intramolecular Hbond substituents is 1. The zero-order valence-electron chi connectivity index (χ0n) is 13.3. The van der Waals surface area contributed by atoms with Crippen LogP contribution in [0, 0.1) is 5.82 Å². The summed E-state index contributed by atoms with van der Waals surface area (Å²) < 4.78 is 38.7. The van der Waals surface area contributed by atoms with Crippen molar-refractivity contribution in [3.8, 4) is 28.4 Å². The highest BCUT2D eigenvalue weighted by molar-refractivity contribution is 7.90. The van der Waals surface area contributed by atoms with Crippen molar-refractivity contribution in [1.29, 1.82) is 0 Å². The molecule has 0 fully saturated rings. The van der Waals surface area contributed by atoms with Gasteiger partial charge in [-0.3, -0.25) is 4.40 Å². The summed E-state index contributed by atoms with van der Waals surface area (Å²) in [6.07, 6.45) is 4.16. The van der Waals surface area contributed by atoms with Gasteiger partial charge < -0.3 is 5.11 Å². The second-order valence-corrected chi connectivity index (χ2v) is 8.31. The predicted molar refractivity (Wildman–Crippen MR) is 94.3 cm³/mol. The first-order valence-electron chi connectivity index (χ1n) is 7.32. The van der Waals surface area contributed by atoms with Crippen LogP contribution < -0.4 is 0 Å². The molecule has 1 aromatic carbocycles. The molecule has 0 aliphatic rings. The average molecular weight is 390 g/mol. The normalized spacial score (nSPS) is 11.9. The fraction of sp³-hybridized carbons (Fsp3) is 0.0625. The fourth-order valence-electron chi connectivity index (χ4n) is 2.54. The van der Waals surface area contributed by atoms with Crippen LogP contribution in [-0.2, 0) is 9.84 Å². The van der Waals surface area contributed by atoms with Crippen LogP contribution in [0.4, 0.5) is 4.39 Å². The second-order valence-electron chi connectivity index (χ2n) is 5.53. The summed E-state index contributed by atoms with van der Waals surface area (Å²) in [7, 11) is -3.58. The fourth-order valence-corrected chi connectivity index (χ4v) is 3.77. The Bertz CT molecular complexity index is 1250. The van der Waals surface area contributed by atoms with E-state index in [1.54, 1.807) is 16.7 Å². The van der Waals surface area contributed by atoms with Crippen LogP contribution in [0.15, 0.2) is 47.2 Å². The Hall–Kier alpha value is -2.85. The molecule has 0 bridgehead atoms. The highest BCUT2D eigenvalue weighted by atomic mass is 32.2. The zero-order chi connectivity index (χ0) is 18.5. The molecule has 0 amide bonds. The molecule has 0 atom stereocenters. The van der Waals surface area contributed by atoms with Gasteiger partial charge in [-0.1, -0.05) is 0 Å². The lowest BCUT2D eigenvalue weighted by atomic mass is 10.1. The number of thiazole rings is 1. The van der Waals surface area contributed by atoms with Gasteiger partial charge in [0.15, 0.2) is 16.5 Å². The van der Waals surface area contributed by atoms with Gasteiger partial charge in [0.1, 0.15) is 5.69 Å². The number of rotatable bonds is 3. The van der Waals surface area contributed by atoms with Crippen LogP contribution in [-0.4, -0.2) is 39.1 Å². The molecule has 26 heavy (non-hydrogen) atoms. The van der Waals surface area contributed by atoms with Crippen molar-refractivity contribution in [3.05, 3.63) is 47.9 Å². The van der Waals surface area contributed by atoms with Gasteiger partial charge in [-0.25, -0.2) is 27.8 Å². The first-order chi connectivity index (χ1) is 12.3. The van der Waals surface area contributed by atoms with Crippen molar-refractivity contribution in [1.82, 2.24) is 19.4 Å². The molecule has 3 heterocycles. The van der Waals surface area contributed by atoms with E-state index in [1.807, 2.05) is 5.38 Å². The van der Waals surface area contributed by atoms with E-state index in [-0.39, 0.29) is 5.16 Å². The summed E-state index contributed by atoms with van der Waals surface area (Å²) in [5.41, 5.74) is 1.81. The van der Waals surface area contributed by atoms with Gasteiger partial charge >= 0.3 is 0 Å². The molecule has 4 aromatic rings. The van der Waals surface area contributed by atoms with E-state index in [0.29, 0.717) is 27.6 Å². The van der Waals surface area contributed by atoms with Crippen LogP contribution in [0.25, 0.3) is 27.6 Å². The Kier molecular flexibility index (Phi) is 3.74. The van der Waals surface area contributed by atoms with Crippen molar-refractivity contribution < 1.29 is 17.9 Å². The number of benzene rings is 1. The Balaban J connectivity index is 2.00. The largest absolute Gasteiger partial charge is 0.505 e. The molecular formula is C16H11FN4O3S2. The van der Waals surface area contributed by atoms with E-state index in [2.05, 4.69) is 15.0 Å². The van der Waals surface area contributed by atoms with Crippen LogP contribution in [0.2, 0.25) is 0 Å². The van der Waals surface area contributed by atoms with Gasteiger partial charge in [0, 0.05) is 29.6 Å². The van der Waals surface area contributed by atoms with Crippen LogP contribution in [0.3, 0.4) is 0 Å². The molecule has 132 valence electrons. The highest BCUT2D eigenvalue weighted by Gasteiger charge is 2.21. The Morgan fingerprint density at radius 1 is 1.23 bits per heavy atom. The van der Waals surface area contributed by atoms with E-state index in [0.717, 1.165) is 12.3 Å². The summed E-state index contributed by atoms with van der Waals surface area (Å²) in [5, 5.41) is 11.2. The van der Waals surface area contributed by atoms with Crippen molar-refractivity contribution in [2.45, 2.75) is 5.16 Å². The third-order valence-corrected chi connectivity index (χ3v) is 5.31. The lowest BCUT2D eigenvalue weighted by molar-refractivity contribution is 0.432. The number of hydrogen-bond acceptors (Lipinski definition) is 7. The third-order valence-electron chi connectivity index (χ3n) is 3.69. The molecule has 7 nitrogen and oxygen atoms in total. The topological polar surface area (TPSA) is 97.5 Å². The Morgan fingerprint density at radius 2 is 2.04 bits per heavy atom. The van der Waals surface area contributed by atoms with Crippen LogP contribution in [0.1, 0.15) is 0 Å². The van der Waals surface area contributed by atoms with Crippen LogP contribution >= 0.6 is 11.3 Å². The van der Waals surface area contributed by atoms with Gasteiger partial charge in [-0.2, -0.15) is 0 Å². The molecule has 0 aliphatic heterocycles. The molecule has 0 spiro atoms. The number of nitrogens with zero attached hydrogens (tertiary/aromatic N) is 4. The highest BCUT2D eigenvalue weighted by Crippen LogP contribution is 2.35. The maximum Gasteiger partial charge on any atom is 0.247 e. The SMILES string of the molecule is CS(=O)(=O)c1nccc(-c2c(-c3ccc(F)c(O)c3)nc3sccn23)n1. The predicted octanol–water partition coefficient (Wildman–Crippen LogP) is 2.77. The minimum atomic E-state index is -3.58. The van der Waals surface area contributed by atoms with E-state index < -0.39 is 21.4 Å². The second kappa shape index (κ2) is 5.85. The summed E-state index contributed by atoms with van der Waals surface area (Å²) in [4.78, 5) is 13.1. The first-order valence-corrected chi connectivity index (χ1v) is 10.1. The van der Waals surface area contributed by atoms with Crippen LogP contribution in [0.5, 0.6) is 5.75 Å². The minimum absolute atomic E-state index is 0.298. The summed E-state index contributed by atoms with van der Waals surface area (Å²) >= 11 is 1.38. The standard InChI is InChI=1S/C16H11FN4O3S2/c1-26(23,24)15-18-5-4-11(19-15)14-13(20-16-21(14)6-7-25-16)9-2-3-10(17)12(22)8-9/h2-8,22H,1H3. The maximum atomic E-state index is 13.4. The molecule has 0 radical (unpaired) electrons. The van der Waals surface area contributed by atoms with Crippen molar-refractivity contribution in [2.75, 3.05) is 6.26 Å². The lowest BCUT2D eigenvalue weighted by Gasteiger charge is -2.06. The molecule has 0 unspecified atom stereocenters. The van der Waals surface area contributed by atoms with E-state index >= 15 is 0 Å². The molecule has 0 saturated heterocycles. The lowest BCUT2D eigenvalue weighted by Crippen LogP contribution is -2.05. The number of halogens is 1. The smallest absolute Gasteiger partial charge is 0.247 e. The van der Waals surface area contributed by atoms with E-state index in [9.17, 15) is 17.9 Å². The number of hydrogen-bond donors (Lipinski definition) is 1. The summed E-state index contributed by atoms with van der Waals surface area (Å²) in [6.45, 7) is 0. The molecule has 1 N–H and O–H groups in total. The number of phenols is 1. The number of sulfone groups is 1. The monoisotopic (exact) mass is 390 g/mol. The number of aromatic hydroxyl groups is 1. The molecule has 3 aromatic heterocycles. The van der Waals surface area contributed by atoms with Crippen molar-refractivity contribution in [2.24, 2.45) is 0 Å². The summed E-state index contributed by atoms with van der Waals surface area (Å²) in [6, 6.07) is 5.47. The van der Waals surface area contributed by atoms with Crippen molar-refractivity contribution in [3.63, 3.8) is 0 Å². The van der Waals surface area contributed by atoms with Gasteiger partial charge in [0.05, 0.1) is 11.4 Å². The van der Waals surface area contributed by atoms with Gasteiger partial charge in [0.25, 0.3) is 0 Å². The molecular weight excluding hydrogens is 379 g/mol. The molecule has 4 rings (SSSR count). The number of fused-ring (bicyclic) bond motifs is 1. The Morgan fingerprint density at radius 3 is 2.77 bits per heavy atom. The first kappa shape index (κ1) is 16.6. The van der Waals surface area contributed by atoms with Crippen molar-refractivity contribution >= 4 is 26.1 Å². The third kappa shape index (κ3) is 2.72. The maximum absolute atomic E-state index is 13.4. The van der Waals surface area contributed by atoms with Gasteiger partial charge in [0.2, 0.25) is 15.0 Å². The van der Waals surface area contributed by atoms with Gasteiger partial charge in [-0.05, 0) is 24.3 Å². The Labute approximate surface area is 151 Å². The average Bonchev–Trinajstić information content (AvgIpc) is 3.17. The van der Waals surface area contributed by atoms with Gasteiger partial charge in [-0.15, -0.1) is 11.3 Å².